The van der Waals surface area contributed by atoms with E-state index in [9.17, 15) is 29.4 Å². The number of phenols is 1. The van der Waals surface area contributed by atoms with E-state index in [1.54, 1.807) is 32.2 Å². The van der Waals surface area contributed by atoms with Crippen molar-refractivity contribution in [1.82, 2.24) is 20.9 Å². The quantitative estimate of drug-likeness (QED) is 0.142. The first-order valence-corrected chi connectivity index (χ1v) is 13.5. The zero-order valence-corrected chi connectivity index (χ0v) is 23.2. The Morgan fingerprint density at radius 3 is 2.05 bits per heavy atom. The Hall–Kier alpha value is -4.03. The van der Waals surface area contributed by atoms with E-state index in [0.29, 0.717) is 5.56 Å². The van der Waals surface area contributed by atoms with Gasteiger partial charge in [-0.1, -0.05) is 44.2 Å². The number of rotatable bonds is 13. The maximum absolute atomic E-state index is 13.7. The molecular weight excluding hydrogens is 534 g/mol. The van der Waals surface area contributed by atoms with Crippen LogP contribution in [0.4, 0.5) is 0 Å². The standard InChI is InChI=1S/C28H35N5O6S/c1-15(2)24(29)27(37)32-22(12-17-13-30-20-6-4-3-5-19(17)20)26(36)31-21(11-16-7-9-18(34)10-8-16)25(35)33-23(14-40)28(38)39/h3-10,13,15,21-24,30,34,40H,11-12,14,29H2,1-2H3,(H,31,36)(H,32,37)(H,33,35)(H,38,39). The van der Waals surface area contributed by atoms with Gasteiger partial charge in [-0.25, -0.2) is 4.79 Å². The van der Waals surface area contributed by atoms with Gasteiger partial charge in [-0.15, -0.1) is 0 Å². The molecule has 0 saturated heterocycles. The Bertz CT molecular complexity index is 1340. The molecule has 0 radical (unpaired) electrons. The fourth-order valence-corrected chi connectivity index (χ4v) is 4.35. The van der Waals surface area contributed by atoms with Gasteiger partial charge < -0.3 is 36.9 Å². The van der Waals surface area contributed by atoms with Crippen molar-refractivity contribution in [3.05, 3.63) is 65.9 Å². The zero-order valence-electron chi connectivity index (χ0n) is 22.3. The lowest BCUT2D eigenvalue weighted by molar-refractivity contribution is -0.141. The summed E-state index contributed by atoms with van der Waals surface area (Å²) in [5, 5.41) is 27.7. The van der Waals surface area contributed by atoms with Crippen molar-refractivity contribution >= 4 is 47.2 Å². The monoisotopic (exact) mass is 569 g/mol. The van der Waals surface area contributed by atoms with E-state index < -0.39 is 47.9 Å². The van der Waals surface area contributed by atoms with Crippen LogP contribution >= 0.6 is 12.6 Å². The third-order valence-corrected chi connectivity index (χ3v) is 6.92. The van der Waals surface area contributed by atoms with Crippen molar-refractivity contribution in [2.24, 2.45) is 11.7 Å². The summed E-state index contributed by atoms with van der Waals surface area (Å²) in [5.41, 5.74) is 8.28. The van der Waals surface area contributed by atoms with Gasteiger partial charge in [0.2, 0.25) is 17.7 Å². The number of thiol groups is 1. The third kappa shape index (κ3) is 7.99. The molecule has 0 aliphatic carbocycles. The number of benzene rings is 2. The molecule has 0 spiro atoms. The number of carbonyl (C=O) groups is 4. The minimum atomic E-state index is -1.28. The fourth-order valence-electron chi connectivity index (χ4n) is 4.11. The summed E-state index contributed by atoms with van der Waals surface area (Å²) in [6.07, 6.45) is 1.86. The minimum absolute atomic E-state index is 0.00394. The van der Waals surface area contributed by atoms with Crippen LogP contribution in [0.1, 0.15) is 25.0 Å². The molecular formula is C28H35N5O6S. The highest BCUT2D eigenvalue weighted by Crippen LogP contribution is 2.20. The number of aromatic amines is 1. The number of carboxylic acid groups (broad SMARTS) is 1. The van der Waals surface area contributed by atoms with Crippen LogP contribution in [0.3, 0.4) is 0 Å². The maximum atomic E-state index is 13.7. The van der Waals surface area contributed by atoms with E-state index in [-0.39, 0.29) is 30.3 Å². The van der Waals surface area contributed by atoms with Crippen LogP contribution in [-0.2, 0) is 32.0 Å². The molecule has 1 aromatic heterocycles. The molecule has 11 nitrogen and oxygen atoms in total. The average molecular weight is 570 g/mol. The van der Waals surface area contributed by atoms with Crippen molar-refractivity contribution in [3.8, 4) is 5.75 Å². The zero-order chi connectivity index (χ0) is 29.4. The third-order valence-electron chi connectivity index (χ3n) is 6.56. The molecule has 40 heavy (non-hydrogen) atoms. The number of aromatic hydroxyl groups is 1. The number of carboxylic acids is 1. The van der Waals surface area contributed by atoms with E-state index >= 15 is 0 Å². The van der Waals surface area contributed by atoms with E-state index in [0.717, 1.165) is 16.5 Å². The molecule has 1 heterocycles. The van der Waals surface area contributed by atoms with Gasteiger partial charge in [0.1, 0.15) is 23.9 Å². The number of amides is 3. The number of nitrogens with one attached hydrogen (secondary N) is 4. The van der Waals surface area contributed by atoms with Crippen LogP contribution in [-0.4, -0.2) is 68.8 Å². The van der Waals surface area contributed by atoms with E-state index in [1.165, 1.54) is 12.1 Å². The normalized spacial score (nSPS) is 14.2. The molecule has 0 aliphatic heterocycles. The summed E-state index contributed by atoms with van der Waals surface area (Å²) < 4.78 is 0. The Balaban J connectivity index is 1.90. The number of hydrogen-bond acceptors (Lipinski definition) is 7. The Labute approximate surface area is 237 Å². The molecule has 0 bridgehead atoms. The summed E-state index contributed by atoms with van der Waals surface area (Å²) >= 11 is 3.99. The fraction of sp³-hybridized carbons (Fsp3) is 0.357. The van der Waals surface area contributed by atoms with Gasteiger partial charge in [0.15, 0.2) is 0 Å². The van der Waals surface area contributed by atoms with Gasteiger partial charge in [-0.3, -0.25) is 14.4 Å². The lowest BCUT2D eigenvalue weighted by Crippen LogP contribution is -2.58. The number of carbonyl (C=O) groups excluding carboxylic acids is 3. The number of H-pyrrole nitrogens is 1. The molecule has 0 aliphatic rings. The van der Waals surface area contributed by atoms with Crippen molar-refractivity contribution in [2.75, 3.05) is 5.75 Å². The highest BCUT2D eigenvalue weighted by atomic mass is 32.1. The smallest absolute Gasteiger partial charge is 0.327 e. The molecule has 8 N–H and O–H groups in total. The lowest BCUT2D eigenvalue weighted by Gasteiger charge is -2.26. The topological polar surface area (TPSA) is 187 Å². The van der Waals surface area contributed by atoms with Gasteiger partial charge in [0, 0.05) is 35.7 Å². The second-order valence-corrected chi connectivity index (χ2v) is 10.3. The number of aromatic nitrogens is 1. The van der Waals surface area contributed by atoms with Gasteiger partial charge in [0.25, 0.3) is 0 Å². The first kappa shape index (κ1) is 30.5. The average Bonchev–Trinajstić information content (AvgIpc) is 3.33. The molecule has 12 heteroatoms. The van der Waals surface area contributed by atoms with Gasteiger partial charge in [-0.2, -0.15) is 12.6 Å². The van der Waals surface area contributed by atoms with Crippen molar-refractivity contribution in [3.63, 3.8) is 0 Å². The van der Waals surface area contributed by atoms with Crippen LogP contribution in [0.25, 0.3) is 10.9 Å². The van der Waals surface area contributed by atoms with Crippen LogP contribution in [0, 0.1) is 5.92 Å². The first-order valence-electron chi connectivity index (χ1n) is 12.8. The molecule has 214 valence electrons. The summed E-state index contributed by atoms with van der Waals surface area (Å²) in [6.45, 7) is 3.58. The van der Waals surface area contributed by atoms with Gasteiger partial charge in [-0.05, 0) is 35.2 Å². The molecule has 0 fully saturated rings. The number of hydrogen-bond donors (Lipinski definition) is 8. The number of nitrogens with two attached hydrogens (primary N) is 1. The summed E-state index contributed by atoms with van der Waals surface area (Å²) in [4.78, 5) is 54.4. The van der Waals surface area contributed by atoms with Gasteiger partial charge >= 0.3 is 5.97 Å². The Morgan fingerprint density at radius 1 is 0.875 bits per heavy atom. The van der Waals surface area contributed by atoms with Crippen molar-refractivity contribution in [2.45, 2.75) is 50.9 Å². The minimum Gasteiger partial charge on any atom is -0.508 e. The predicted molar refractivity (Wildman–Crippen MR) is 154 cm³/mol. The van der Waals surface area contributed by atoms with Crippen molar-refractivity contribution < 1.29 is 29.4 Å². The van der Waals surface area contributed by atoms with E-state index in [2.05, 4.69) is 33.6 Å². The number of para-hydroxylation sites is 1. The lowest BCUT2D eigenvalue weighted by atomic mass is 10.00. The molecule has 3 rings (SSSR count). The highest BCUT2D eigenvalue weighted by Gasteiger charge is 2.31. The summed E-state index contributed by atoms with van der Waals surface area (Å²) in [6, 6.07) is 9.14. The summed E-state index contributed by atoms with van der Waals surface area (Å²) in [5.74, 6) is -3.49. The molecule has 3 amide bonds. The number of aliphatic carboxylic acids is 1. The second-order valence-electron chi connectivity index (χ2n) is 9.91. The molecule has 0 saturated carbocycles. The van der Waals surface area contributed by atoms with Crippen LogP contribution < -0.4 is 21.7 Å². The molecule has 4 unspecified atom stereocenters. The first-order chi connectivity index (χ1) is 19.0. The van der Waals surface area contributed by atoms with Crippen LogP contribution in [0.5, 0.6) is 5.75 Å². The van der Waals surface area contributed by atoms with E-state index in [4.69, 9.17) is 5.73 Å². The second kappa shape index (κ2) is 13.9. The number of fused-ring (bicyclic) bond motifs is 1. The highest BCUT2D eigenvalue weighted by molar-refractivity contribution is 7.80. The largest absolute Gasteiger partial charge is 0.508 e. The summed E-state index contributed by atoms with van der Waals surface area (Å²) in [7, 11) is 0. The maximum Gasteiger partial charge on any atom is 0.327 e. The Morgan fingerprint density at radius 2 is 1.45 bits per heavy atom. The van der Waals surface area contributed by atoms with Crippen LogP contribution in [0.2, 0.25) is 0 Å². The SMILES string of the molecule is CC(C)C(N)C(=O)NC(Cc1c[nH]c2ccccc12)C(=O)NC(Cc1ccc(O)cc1)C(=O)NC(CS)C(=O)O. The molecule has 2 aromatic carbocycles. The number of phenolic OH excluding ortho intramolecular Hbond substituents is 1. The molecule has 4 atom stereocenters. The Kier molecular flexibility index (Phi) is 10.6. The van der Waals surface area contributed by atoms with E-state index in [1.807, 2.05) is 24.3 Å². The van der Waals surface area contributed by atoms with Crippen molar-refractivity contribution in [1.29, 1.82) is 0 Å². The molecule has 3 aromatic rings. The van der Waals surface area contributed by atoms with Crippen LogP contribution in [0.15, 0.2) is 54.7 Å². The van der Waals surface area contributed by atoms with Gasteiger partial charge in [0.05, 0.1) is 6.04 Å². The predicted octanol–water partition coefficient (Wildman–Crippen LogP) is 1.11.